The van der Waals surface area contributed by atoms with Gasteiger partial charge in [-0.05, 0) is 42.5 Å². The van der Waals surface area contributed by atoms with Crippen molar-refractivity contribution in [2.45, 2.75) is 0 Å². The molecular formula is C17H13N5. The lowest BCUT2D eigenvalue weighted by Crippen LogP contribution is -1.96. The van der Waals surface area contributed by atoms with Crippen LogP contribution in [0.25, 0.3) is 16.6 Å². The molecule has 0 fully saturated rings. The molecule has 0 aliphatic carbocycles. The van der Waals surface area contributed by atoms with Crippen molar-refractivity contribution >= 4 is 22.3 Å². The summed E-state index contributed by atoms with van der Waals surface area (Å²) in [5.41, 5.74) is 3.92. The van der Waals surface area contributed by atoms with E-state index in [1.807, 2.05) is 59.5 Å². The summed E-state index contributed by atoms with van der Waals surface area (Å²) in [7, 11) is 0. The molecule has 0 spiro atoms. The van der Waals surface area contributed by atoms with Gasteiger partial charge in [-0.1, -0.05) is 6.07 Å². The summed E-state index contributed by atoms with van der Waals surface area (Å²) < 4.78 is 1.83. The molecule has 5 nitrogen and oxygen atoms in total. The fraction of sp³-hybridized carbons (Fsp3) is 0. The van der Waals surface area contributed by atoms with Crippen molar-refractivity contribution in [1.29, 1.82) is 0 Å². The van der Waals surface area contributed by atoms with Crippen LogP contribution >= 0.6 is 0 Å². The third-order valence-corrected chi connectivity index (χ3v) is 3.41. The quantitative estimate of drug-likeness (QED) is 0.626. The van der Waals surface area contributed by atoms with E-state index in [1.165, 1.54) is 0 Å². The molecule has 106 valence electrons. The first kappa shape index (κ1) is 12.5. The lowest BCUT2D eigenvalue weighted by atomic mass is 10.2. The average Bonchev–Trinajstić information content (AvgIpc) is 3.10. The molecule has 4 rings (SSSR count). The minimum atomic E-state index is 0.920. The third kappa shape index (κ3) is 2.40. The molecule has 0 bridgehead atoms. The van der Waals surface area contributed by atoms with Gasteiger partial charge in [0.25, 0.3) is 0 Å². The fourth-order valence-electron chi connectivity index (χ4n) is 2.37. The van der Waals surface area contributed by atoms with Crippen molar-refractivity contribution in [3.8, 4) is 5.69 Å². The van der Waals surface area contributed by atoms with Gasteiger partial charge in [0.2, 0.25) is 0 Å². The summed E-state index contributed by atoms with van der Waals surface area (Å²) in [5, 5.41) is 8.67. The largest absolute Gasteiger partial charge is 0.355 e. The maximum absolute atomic E-state index is 4.28. The average molecular weight is 287 g/mol. The van der Waals surface area contributed by atoms with Crippen LogP contribution in [0.2, 0.25) is 0 Å². The first-order valence-electron chi connectivity index (χ1n) is 6.95. The normalized spacial score (nSPS) is 10.7. The van der Waals surface area contributed by atoms with E-state index in [2.05, 4.69) is 26.4 Å². The second-order valence-electron chi connectivity index (χ2n) is 4.92. The zero-order valence-corrected chi connectivity index (χ0v) is 11.7. The molecule has 2 aromatic heterocycles. The summed E-state index contributed by atoms with van der Waals surface area (Å²) in [5.74, 6) is 0. The predicted octanol–water partition coefficient (Wildman–Crippen LogP) is 3.56. The van der Waals surface area contributed by atoms with Crippen molar-refractivity contribution in [2.75, 3.05) is 5.32 Å². The summed E-state index contributed by atoms with van der Waals surface area (Å²) in [6, 6.07) is 16.0. The Morgan fingerprint density at radius 2 is 1.91 bits per heavy atom. The van der Waals surface area contributed by atoms with Gasteiger partial charge >= 0.3 is 0 Å². The van der Waals surface area contributed by atoms with Crippen LogP contribution in [0.4, 0.5) is 11.4 Å². The van der Waals surface area contributed by atoms with Crippen LogP contribution in [0.15, 0.2) is 73.4 Å². The van der Waals surface area contributed by atoms with Gasteiger partial charge in [0, 0.05) is 35.4 Å². The van der Waals surface area contributed by atoms with Crippen LogP contribution in [0.1, 0.15) is 0 Å². The number of hydrogen-bond acceptors (Lipinski definition) is 4. The lowest BCUT2D eigenvalue weighted by Gasteiger charge is -2.09. The SMILES string of the molecule is c1cc(Nc2ccc3cncnc3c2)cc(-n2cccn2)c1. The number of nitrogens with one attached hydrogen (secondary N) is 1. The molecule has 2 aromatic carbocycles. The zero-order chi connectivity index (χ0) is 14.8. The number of aromatic nitrogens is 4. The molecule has 0 saturated carbocycles. The van der Waals surface area contributed by atoms with Crippen molar-refractivity contribution in [3.05, 3.63) is 73.4 Å². The summed E-state index contributed by atoms with van der Waals surface area (Å²) in [6.45, 7) is 0. The summed E-state index contributed by atoms with van der Waals surface area (Å²) in [6.07, 6.45) is 7.06. The topological polar surface area (TPSA) is 55.6 Å². The van der Waals surface area contributed by atoms with Gasteiger partial charge < -0.3 is 5.32 Å². The molecule has 0 unspecified atom stereocenters. The molecule has 2 heterocycles. The summed E-state index contributed by atoms with van der Waals surface area (Å²) >= 11 is 0. The van der Waals surface area contributed by atoms with Gasteiger partial charge in [-0.3, -0.25) is 0 Å². The number of benzene rings is 2. The Hall–Kier alpha value is -3.21. The van der Waals surface area contributed by atoms with Crippen LogP contribution in [-0.4, -0.2) is 19.7 Å². The Bertz CT molecular complexity index is 915. The Balaban J connectivity index is 1.66. The first-order valence-corrected chi connectivity index (χ1v) is 6.95. The number of rotatable bonds is 3. The summed E-state index contributed by atoms with van der Waals surface area (Å²) in [4.78, 5) is 8.30. The third-order valence-electron chi connectivity index (χ3n) is 3.41. The van der Waals surface area contributed by atoms with Gasteiger partial charge in [0.15, 0.2) is 0 Å². The molecular weight excluding hydrogens is 274 g/mol. The molecule has 5 heteroatoms. The van der Waals surface area contributed by atoms with Gasteiger partial charge in [-0.2, -0.15) is 5.10 Å². The number of nitrogens with zero attached hydrogens (tertiary/aromatic N) is 4. The smallest absolute Gasteiger partial charge is 0.116 e. The minimum absolute atomic E-state index is 0.920. The van der Waals surface area contributed by atoms with Crippen LogP contribution in [0.5, 0.6) is 0 Å². The van der Waals surface area contributed by atoms with Crippen molar-refractivity contribution < 1.29 is 0 Å². The molecule has 0 aliphatic heterocycles. The van der Waals surface area contributed by atoms with E-state index in [0.717, 1.165) is 28.0 Å². The maximum Gasteiger partial charge on any atom is 0.116 e. The van der Waals surface area contributed by atoms with Gasteiger partial charge in [0.1, 0.15) is 6.33 Å². The van der Waals surface area contributed by atoms with Gasteiger partial charge in [-0.15, -0.1) is 0 Å². The number of fused-ring (bicyclic) bond motifs is 1. The van der Waals surface area contributed by atoms with Gasteiger partial charge in [0.05, 0.1) is 11.2 Å². The fourth-order valence-corrected chi connectivity index (χ4v) is 2.37. The van der Waals surface area contributed by atoms with Crippen LogP contribution < -0.4 is 5.32 Å². The maximum atomic E-state index is 4.28. The number of anilines is 2. The Labute approximate surface area is 127 Å². The second kappa shape index (κ2) is 5.29. The second-order valence-corrected chi connectivity index (χ2v) is 4.92. The van der Waals surface area contributed by atoms with Crippen LogP contribution in [-0.2, 0) is 0 Å². The molecule has 0 atom stereocenters. The van der Waals surface area contributed by atoms with E-state index >= 15 is 0 Å². The van der Waals surface area contributed by atoms with Crippen molar-refractivity contribution in [3.63, 3.8) is 0 Å². The van der Waals surface area contributed by atoms with E-state index in [9.17, 15) is 0 Å². The van der Waals surface area contributed by atoms with E-state index in [0.29, 0.717) is 0 Å². The van der Waals surface area contributed by atoms with E-state index < -0.39 is 0 Å². The van der Waals surface area contributed by atoms with Crippen molar-refractivity contribution in [1.82, 2.24) is 19.7 Å². The standard InChI is InChI=1S/C17H13N5/c1-3-14(9-16(4-1)22-8-2-7-20-22)21-15-6-5-13-11-18-12-19-17(13)10-15/h1-12,21H. The van der Waals surface area contributed by atoms with Gasteiger partial charge in [-0.25, -0.2) is 14.6 Å². The first-order chi connectivity index (χ1) is 10.9. The highest BCUT2D eigenvalue weighted by atomic mass is 15.3. The highest BCUT2D eigenvalue weighted by molar-refractivity contribution is 5.82. The molecule has 0 saturated heterocycles. The monoisotopic (exact) mass is 287 g/mol. The van der Waals surface area contributed by atoms with Crippen molar-refractivity contribution in [2.24, 2.45) is 0 Å². The minimum Gasteiger partial charge on any atom is -0.355 e. The van der Waals surface area contributed by atoms with E-state index in [-0.39, 0.29) is 0 Å². The van der Waals surface area contributed by atoms with E-state index in [1.54, 1.807) is 12.5 Å². The molecule has 0 radical (unpaired) electrons. The molecule has 1 N–H and O–H groups in total. The lowest BCUT2D eigenvalue weighted by molar-refractivity contribution is 0.881. The Kier molecular flexibility index (Phi) is 3.01. The van der Waals surface area contributed by atoms with E-state index in [4.69, 9.17) is 0 Å². The van der Waals surface area contributed by atoms with Crippen LogP contribution in [0.3, 0.4) is 0 Å². The number of hydrogen-bond donors (Lipinski definition) is 1. The Morgan fingerprint density at radius 3 is 2.82 bits per heavy atom. The Morgan fingerprint density at radius 1 is 0.955 bits per heavy atom. The zero-order valence-electron chi connectivity index (χ0n) is 11.7. The highest BCUT2D eigenvalue weighted by Gasteiger charge is 2.01. The molecule has 0 amide bonds. The molecule has 22 heavy (non-hydrogen) atoms. The highest BCUT2D eigenvalue weighted by Crippen LogP contribution is 2.22. The van der Waals surface area contributed by atoms with Crippen LogP contribution in [0, 0.1) is 0 Å². The molecule has 4 aromatic rings. The molecule has 0 aliphatic rings. The predicted molar refractivity (Wildman–Crippen MR) is 86.4 cm³/mol.